The van der Waals surface area contributed by atoms with Gasteiger partial charge >= 0.3 is 6.09 Å². The van der Waals surface area contributed by atoms with E-state index in [1.165, 1.54) is 0 Å². The highest BCUT2D eigenvalue weighted by molar-refractivity contribution is 5.68. The number of aliphatic hydroxyl groups excluding tert-OH is 1. The number of hydrogen-bond acceptors (Lipinski definition) is 4. The van der Waals surface area contributed by atoms with Crippen molar-refractivity contribution in [3.63, 3.8) is 0 Å². The largest absolute Gasteiger partial charge is 0.444 e. The summed E-state index contributed by atoms with van der Waals surface area (Å²) in [7, 11) is 0. The standard InChI is InChI=1S/C13H25NO4/c1-12(2,3)18-11(16)14-7-5-10(6-8-15)13(4,17)9-14/h10,15,17H,5-9H2,1-4H3/t10-,13-/m0/s1. The van der Waals surface area contributed by atoms with Crippen LogP contribution in [-0.2, 0) is 4.74 Å². The van der Waals surface area contributed by atoms with Crippen molar-refractivity contribution in [2.75, 3.05) is 19.7 Å². The molecule has 0 radical (unpaired) electrons. The van der Waals surface area contributed by atoms with E-state index in [9.17, 15) is 9.90 Å². The smallest absolute Gasteiger partial charge is 0.410 e. The Morgan fingerprint density at radius 2 is 2.11 bits per heavy atom. The van der Waals surface area contributed by atoms with Gasteiger partial charge in [-0.15, -0.1) is 0 Å². The Morgan fingerprint density at radius 3 is 2.56 bits per heavy atom. The first-order valence-corrected chi connectivity index (χ1v) is 6.47. The molecular formula is C13H25NO4. The molecule has 0 saturated carbocycles. The second kappa shape index (κ2) is 5.45. The minimum absolute atomic E-state index is 0.0289. The van der Waals surface area contributed by atoms with Crippen LogP contribution in [0.5, 0.6) is 0 Å². The summed E-state index contributed by atoms with van der Waals surface area (Å²) in [5.74, 6) is 0.0289. The number of carbonyl (C=O) groups is 1. The van der Waals surface area contributed by atoms with Crippen molar-refractivity contribution in [3.8, 4) is 0 Å². The van der Waals surface area contributed by atoms with Crippen LogP contribution in [0.4, 0.5) is 4.79 Å². The number of ether oxygens (including phenoxy) is 1. The van der Waals surface area contributed by atoms with Crippen LogP contribution in [0.25, 0.3) is 0 Å². The van der Waals surface area contributed by atoms with E-state index in [0.29, 0.717) is 19.4 Å². The predicted molar refractivity (Wildman–Crippen MR) is 68.2 cm³/mol. The lowest BCUT2D eigenvalue weighted by Gasteiger charge is -2.43. The van der Waals surface area contributed by atoms with E-state index in [1.807, 2.05) is 20.8 Å². The van der Waals surface area contributed by atoms with Crippen LogP contribution < -0.4 is 0 Å². The molecule has 18 heavy (non-hydrogen) atoms. The summed E-state index contributed by atoms with van der Waals surface area (Å²) in [6, 6.07) is 0. The molecule has 1 aliphatic heterocycles. The first kappa shape index (κ1) is 15.2. The molecule has 0 aromatic rings. The van der Waals surface area contributed by atoms with E-state index in [4.69, 9.17) is 9.84 Å². The molecule has 0 aliphatic carbocycles. The summed E-state index contributed by atoms with van der Waals surface area (Å²) in [5.41, 5.74) is -1.48. The molecule has 0 spiro atoms. The molecule has 1 rings (SSSR count). The Balaban J connectivity index is 2.60. The topological polar surface area (TPSA) is 70.0 Å². The molecule has 5 heteroatoms. The SMILES string of the molecule is CC(C)(C)OC(=O)N1CC[C@@H](CCO)[C@@](C)(O)C1. The van der Waals surface area contributed by atoms with E-state index < -0.39 is 11.2 Å². The lowest BCUT2D eigenvalue weighted by molar-refractivity contribution is -0.0733. The Morgan fingerprint density at radius 1 is 1.50 bits per heavy atom. The second-order valence-corrected chi connectivity index (χ2v) is 6.26. The van der Waals surface area contributed by atoms with Crippen LogP contribution in [0.3, 0.4) is 0 Å². The minimum atomic E-state index is -0.960. The third kappa shape index (κ3) is 4.14. The van der Waals surface area contributed by atoms with Crippen LogP contribution >= 0.6 is 0 Å². The molecule has 1 heterocycles. The van der Waals surface area contributed by atoms with Crippen molar-refractivity contribution in [2.24, 2.45) is 5.92 Å². The molecule has 2 N–H and O–H groups in total. The number of piperidine rings is 1. The first-order valence-electron chi connectivity index (χ1n) is 6.47. The molecule has 2 atom stereocenters. The number of likely N-dealkylation sites (tertiary alicyclic amines) is 1. The quantitative estimate of drug-likeness (QED) is 0.786. The highest BCUT2D eigenvalue weighted by atomic mass is 16.6. The van der Waals surface area contributed by atoms with Gasteiger partial charge in [0.15, 0.2) is 0 Å². The normalized spacial score (nSPS) is 29.2. The van der Waals surface area contributed by atoms with Gasteiger partial charge in [0.1, 0.15) is 5.60 Å². The number of hydrogen-bond donors (Lipinski definition) is 2. The Labute approximate surface area is 109 Å². The van der Waals surface area contributed by atoms with Gasteiger partial charge < -0.3 is 19.8 Å². The van der Waals surface area contributed by atoms with Gasteiger partial charge in [-0.3, -0.25) is 0 Å². The summed E-state index contributed by atoms with van der Waals surface area (Å²) in [5, 5.41) is 19.3. The third-order valence-corrected chi connectivity index (χ3v) is 3.27. The molecule has 5 nitrogen and oxygen atoms in total. The van der Waals surface area contributed by atoms with Crippen LogP contribution in [0.15, 0.2) is 0 Å². The van der Waals surface area contributed by atoms with Gasteiger partial charge in [0.2, 0.25) is 0 Å². The van der Waals surface area contributed by atoms with Gasteiger partial charge in [-0.25, -0.2) is 4.79 Å². The molecule has 1 amide bonds. The van der Waals surface area contributed by atoms with Crippen LogP contribution in [0, 0.1) is 5.92 Å². The van der Waals surface area contributed by atoms with Crippen LogP contribution in [0.2, 0.25) is 0 Å². The van der Waals surface area contributed by atoms with Crippen molar-refractivity contribution < 1.29 is 19.7 Å². The zero-order valence-electron chi connectivity index (χ0n) is 11.8. The molecule has 0 bridgehead atoms. The summed E-state index contributed by atoms with van der Waals surface area (Å²) in [6.45, 7) is 8.06. The molecule has 0 aromatic heterocycles. The van der Waals surface area contributed by atoms with Gasteiger partial charge in [0.25, 0.3) is 0 Å². The Hall–Kier alpha value is -0.810. The van der Waals surface area contributed by atoms with Crippen LogP contribution in [-0.4, -0.2) is 52.1 Å². The van der Waals surface area contributed by atoms with E-state index in [2.05, 4.69) is 0 Å². The third-order valence-electron chi connectivity index (χ3n) is 3.27. The van der Waals surface area contributed by atoms with Gasteiger partial charge in [-0.1, -0.05) is 0 Å². The number of amides is 1. The first-order chi connectivity index (χ1) is 8.15. The lowest BCUT2D eigenvalue weighted by Crippen LogP contribution is -2.54. The Bertz CT molecular complexity index is 296. The molecule has 0 unspecified atom stereocenters. The monoisotopic (exact) mass is 259 g/mol. The fraction of sp³-hybridized carbons (Fsp3) is 0.923. The van der Waals surface area contributed by atoms with E-state index in [-0.39, 0.29) is 25.2 Å². The maximum Gasteiger partial charge on any atom is 0.410 e. The maximum atomic E-state index is 11.9. The summed E-state index contributed by atoms with van der Waals surface area (Å²) in [4.78, 5) is 13.5. The summed E-state index contributed by atoms with van der Waals surface area (Å²) >= 11 is 0. The summed E-state index contributed by atoms with van der Waals surface area (Å²) < 4.78 is 5.29. The van der Waals surface area contributed by atoms with Crippen molar-refractivity contribution in [1.82, 2.24) is 4.90 Å². The van der Waals surface area contributed by atoms with Gasteiger partial charge in [0, 0.05) is 13.2 Å². The predicted octanol–water partition coefficient (Wildman–Crippen LogP) is 1.38. The fourth-order valence-corrected chi connectivity index (χ4v) is 2.31. The van der Waals surface area contributed by atoms with E-state index in [0.717, 1.165) is 0 Å². The molecule has 1 saturated heterocycles. The van der Waals surface area contributed by atoms with Gasteiger partial charge in [-0.05, 0) is 46.5 Å². The highest BCUT2D eigenvalue weighted by Gasteiger charge is 2.40. The fourth-order valence-electron chi connectivity index (χ4n) is 2.31. The minimum Gasteiger partial charge on any atom is -0.444 e. The van der Waals surface area contributed by atoms with Crippen molar-refractivity contribution in [3.05, 3.63) is 0 Å². The molecule has 106 valence electrons. The number of carbonyl (C=O) groups excluding carboxylic acids is 1. The highest BCUT2D eigenvalue weighted by Crippen LogP contribution is 2.30. The zero-order chi connectivity index (χ0) is 14.0. The molecule has 1 fully saturated rings. The number of aliphatic hydroxyl groups is 2. The molecule has 0 aromatic carbocycles. The Kier molecular flexibility index (Phi) is 4.61. The van der Waals surface area contributed by atoms with Crippen molar-refractivity contribution >= 4 is 6.09 Å². The van der Waals surface area contributed by atoms with Gasteiger partial charge in [0.05, 0.1) is 12.1 Å². The zero-order valence-corrected chi connectivity index (χ0v) is 11.8. The van der Waals surface area contributed by atoms with Gasteiger partial charge in [-0.2, -0.15) is 0 Å². The van der Waals surface area contributed by atoms with Crippen molar-refractivity contribution in [2.45, 2.75) is 51.7 Å². The second-order valence-electron chi connectivity index (χ2n) is 6.26. The number of rotatable bonds is 2. The van der Waals surface area contributed by atoms with E-state index >= 15 is 0 Å². The lowest BCUT2D eigenvalue weighted by atomic mass is 9.81. The summed E-state index contributed by atoms with van der Waals surface area (Å²) in [6.07, 6.45) is 0.868. The number of nitrogens with zero attached hydrogens (tertiary/aromatic N) is 1. The average Bonchev–Trinajstić information content (AvgIpc) is 2.18. The van der Waals surface area contributed by atoms with E-state index in [1.54, 1.807) is 11.8 Å². The van der Waals surface area contributed by atoms with Crippen LogP contribution in [0.1, 0.15) is 40.5 Å². The maximum absolute atomic E-state index is 11.9. The molecular weight excluding hydrogens is 234 g/mol. The van der Waals surface area contributed by atoms with Crippen molar-refractivity contribution in [1.29, 1.82) is 0 Å². The molecule has 1 aliphatic rings. The average molecular weight is 259 g/mol. The number of β-amino-alcohol motifs (C(OH)–C–C–N with tert-alkyl or cyclic N) is 1.